The molecule has 0 aliphatic heterocycles. The van der Waals surface area contributed by atoms with E-state index in [0.717, 1.165) is 46.0 Å². The molecule has 158 valence electrons. The van der Waals surface area contributed by atoms with Gasteiger partial charge in [-0.1, -0.05) is 62.4 Å². The Morgan fingerprint density at radius 1 is 0.562 bits per heavy atom. The Labute approximate surface area is 188 Å². The van der Waals surface area contributed by atoms with Gasteiger partial charge in [-0.15, -0.1) is 0 Å². The molecule has 0 aliphatic rings. The van der Waals surface area contributed by atoms with Crippen LogP contribution in [0.3, 0.4) is 0 Å². The van der Waals surface area contributed by atoms with Gasteiger partial charge in [0.25, 0.3) is 0 Å². The topological polar surface area (TPSA) is 49.8 Å². The average molecular weight is 419 g/mol. The summed E-state index contributed by atoms with van der Waals surface area (Å²) in [6.07, 6.45) is 2.04. The van der Waals surface area contributed by atoms with Crippen LogP contribution in [0.15, 0.2) is 84.9 Å². The van der Waals surface area contributed by atoms with Crippen molar-refractivity contribution < 1.29 is 0 Å². The van der Waals surface area contributed by atoms with Gasteiger partial charge in [-0.3, -0.25) is 0 Å². The van der Waals surface area contributed by atoms with Gasteiger partial charge in [0.05, 0.1) is 11.0 Å². The largest absolute Gasteiger partial charge is 0.337 e. The van der Waals surface area contributed by atoms with Crippen molar-refractivity contribution in [1.82, 2.24) is 9.97 Å². The first kappa shape index (κ1) is 20.0. The third kappa shape index (κ3) is 4.12. The van der Waals surface area contributed by atoms with Crippen molar-refractivity contribution in [2.24, 2.45) is 0 Å². The van der Waals surface area contributed by atoms with E-state index in [4.69, 9.17) is 9.97 Å². The van der Waals surface area contributed by atoms with Gasteiger partial charge in [0.1, 0.15) is 0 Å². The zero-order chi connectivity index (χ0) is 21.9. The number of benzene rings is 4. The fourth-order valence-electron chi connectivity index (χ4n) is 3.84. The zero-order valence-corrected chi connectivity index (χ0v) is 18.4. The number of aryl methyl sites for hydroxylation is 2. The van der Waals surface area contributed by atoms with Gasteiger partial charge in [-0.2, -0.15) is 0 Å². The lowest BCUT2D eigenvalue weighted by Crippen LogP contribution is -2.03. The summed E-state index contributed by atoms with van der Waals surface area (Å²) >= 11 is 0. The van der Waals surface area contributed by atoms with E-state index in [1.165, 1.54) is 11.1 Å². The van der Waals surface area contributed by atoms with Gasteiger partial charge in [0, 0.05) is 11.4 Å². The van der Waals surface area contributed by atoms with Crippen LogP contribution in [0.1, 0.15) is 25.0 Å². The highest BCUT2D eigenvalue weighted by Crippen LogP contribution is 2.30. The molecule has 0 unspecified atom stereocenters. The van der Waals surface area contributed by atoms with Crippen molar-refractivity contribution in [1.29, 1.82) is 0 Å². The normalized spacial score (nSPS) is 11.1. The highest BCUT2D eigenvalue weighted by atomic mass is 15.1. The van der Waals surface area contributed by atoms with E-state index in [9.17, 15) is 0 Å². The number of nitrogens with one attached hydrogen (secondary N) is 2. The summed E-state index contributed by atoms with van der Waals surface area (Å²) in [6.45, 7) is 4.32. The molecular weight excluding hydrogens is 392 g/mol. The van der Waals surface area contributed by atoms with Crippen LogP contribution >= 0.6 is 0 Å². The number of nitrogens with zero attached hydrogens (tertiary/aromatic N) is 2. The SMILES string of the molecule is CCc1ccc(Nc2nc3cc4ccccc4cc3nc2Nc2ccc(CC)cc2)cc1. The van der Waals surface area contributed by atoms with E-state index in [1.54, 1.807) is 0 Å². The van der Waals surface area contributed by atoms with Crippen molar-refractivity contribution in [3.05, 3.63) is 96.1 Å². The summed E-state index contributed by atoms with van der Waals surface area (Å²) in [7, 11) is 0. The molecule has 1 heterocycles. The second-order valence-corrected chi connectivity index (χ2v) is 7.96. The third-order valence-corrected chi connectivity index (χ3v) is 5.78. The van der Waals surface area contributed by atoms with Crippen molar-refractivity contribution in [3.63, 3.8) is 0 Å². The number of rotatable bonds is 6. The van der Waals surface area contributed by atoms with Crippen molar-refractivity contribution >= 4 is 44.8 Å². The number of hydrogen-bond acceptors (Lipinski definition) is 4. The first-order valence-corrected chi connectivity index (χ1v) is 11.1. The van der Waals surface area contributed by atoms with Crippen LogP contribution < -0.4 is 10.6 Å². The maximum absolute atomic E-state index is 4.96. The highest BCUT2D eigenvalue weighted by Gasteiger charge is 2.11. The highest BCUT2D eigenvalue weighted by molar-refractivity contribution is 5.96. The van der Waals surface area contributed by atoms with Crippen LogP contribution in [0.25, 0.3) is 21.8 Å². The van der Waals surface area contributed by atoms with E-state index >= 15 is 0 Å². The van der Waals surface area contributed by atoms with Crippen molar-refractivity contribution in [2.75, 3.05) is 10.6 Å². The van der Waals surface area contributed by atoms with E-state index in [0.29, 0.717) is 11.6 Å². The maximum atomic E-state index is 4.96. The standard InChI is InChI=1S/C28H26N4/c1-3-19-9-13-23(14-10-19)29-27-28(30-24-15-11-20(4-2)12-16-24)32-26-18-22-8-6-5-7-21(22)17-25(26)31-27/h5-18H,3-4H2,1-2H3,(H,29,31)(H,30,32). The summed E-state index contributed by atoms with van der Waals surface area (Å²) in [5.74, 6) is 1.41. The van der Waals surface area contributed by atoms with Crippen LogP contribution in [0.5, 0.6) is 0 Å². The summed E-state index contributed by atoms with van der Waals surface area (Å²) in [5.41, 5.74) is 6.32. The molecule has 1 aromatic heterocycles. The Hall–Kier alpha value is -3.92. The summed E-state index contributed by atoms with van der Waals surface area (Å²) in [5, 5.41) is 9.25. The molecular formula is C28H26N4. The number of hydrogen-bond donors (Lipinski definition) is 2. The van der Waals surface area contributed by atoms with Crippen LogP contribution in [0.4, 0.5) is 23.0 Å². The molecule has 5 rings (SSSR count). The van der Waals surface area contributed by atoms with E-state index in [1.807, 2.05) is 12.1 Å². The van der Waals surface area contributed by atoms with Gasteiger partial charge in [-0.25, -0.2) is 9.97 Å². The predicted octanol–water partition coefficient (Wildman–Crippen LogP) is 7.40. The van der Waals surface area contributed by atoms with Crippen LogP contribution in [-0.4, -0.2) is 9.97 Å². The molecule has 0 radical (unpaired) electrons. The Balaban J connectivity index is 1.59. The van der Waals surface area contributed by atoms with Gasteiger partial charge >= 0.3 is 0 Å². The van der Waals surface area contributed by atoms with Crippen LogP contribution in [-0.2, 0) is 12.8 Å². The summed E-state index contributed by atoms with van der Waals surface area (Å²) in [4.78, 5) is 9.91. The Bertz CT molecular complexity index is 1270. The molecule has 0 saturated carbocycles. The molecule has 0 saturated heterocycles. The molecule has 2 N–H and O–H groups in total. The minimum atomic E-state index is 0.705. The molecule has 4 aromatic carbocycles. The Morgan fingerprint density at radius 3 is 1.34 bits per heavy atom. The lowest BCUT2D eigenvalue weighted by Gasteiger charge is -2.14. The quantitative estimate of drug-likeness (QED) is 0.282. The molecule has 4 nitrogen and oxygen atoms in total. The fourth-order valence-corrected chi connectivity index (χ4v) is 3.84. The van der Waals surface area contributed by atoms with E-state index in [2.05, 4.69) is 97.3 Å². The third-order valence-electron chi connectivity index (χ3n) is 5.78. The van der Waals surface area contributed by atoms with Gasteiger partial charge in [0.2, 0.25) is 0 Å². The molecule has 32 heavy (non-hydrogen) atoms. The molecule has 4 heteroatoms. The first-order valence-electron chi connectivity index (χ1n) is 11.1. The summed E-state index contributed by atoms with van der Waals surface area (Å²) in [6, 6.07) is 29.4. The number of anilines is 4. The number of aromatic nitrogens is 2. The van der Waals surface area contributed by atoms with Crippen molar-refractivity contribution in [3.8, 4) is 0 Å². The predicted molar refractivity (Wildman–Crippen MR) is 135 cm³/mol. The van der Waals surface area contributed by atoms with Gasteiger partial charge in [0.15, 0.2) is 11.6 Å². The Morgan fingerprint density at radius 2 is 0.969 bits per heavy atom. The second-order valence-electron chi connectivity index (χ2n) is 7.96. The second kappa shape index (κ2) is 8.67. The smallest absolute Gasteiger partial charge is 0.174 e. The first-order chi connectivity index (χ1) is 15.7. The van der Waals surface area contributed by atoms with E-state index < -0.39 is 0 Å². The van der Waals surface area contributed by atoms with Crippen LogP contribution in [0.2, 0.25) is 0 Å². The molecule has 0 atom stereocenters. The molecule has 0 amide bonds. The van der Waals surface area contributed by atoms with Gasteiger partial charge in [-0.05, 0) is 71.1 Å². The van der Waals surface area contributed by atoms with E-state index in [-0.39, 0.29) is 0 Å². The zero-order valence-electron chi connectivity index (χ0n) is 18.4. The molecule has 0 spiro atoms. The Kier molecular flexibility index (Phi) is 5.42. The average Bonchev–Trinajstić information content (AvgIpc) is 2.84. The minimum Gasteiger partial charge on any atom is -0.337 e. The fraction of sp³-hybridized carbons (Fsp3) is 0.143. The molecule has 5 aromatic rings. The number of fused-ring (bicyclic) bond motifs is 2. The maximum Gasteiger partial charge on any atom is 0.174 e. The molecule has 0 fully saturated rings. The summed E-state index contributed by atoms with van der Waals surface area (Å²) < 4.78 is 0. The lowest BCUT2D eigenvalue weighted by atomic mass is 10.1. The monoisotopic (exact) mass is 418 g/mol. The van der Waals surface area contributed by atoms with Gasteiger partial charge < -0.3 is 10.6 Å². The van der Waals surface area contributed by atoms with Crippen LogP contribution in [0, 0.1) is 0 Å². The van der Waals surface area contributed by atoms with Crippen molar-refractivity contribution in [2.45, 2.75) is 26.7 Å². The molecule has 0 aliphatic carbocycles. The minimum absolute atomic E-state index is 0.705. The molecule has 0 bridgehead atoms. The lowest BCUT2D eigenvalue weighted by molar-refractivity contribution is 1.14.